The van der Waals surface area contributed by atoms with E-state index in [2.05, 4.69) is 11.9 Å². The molecule has 2 unspecified atom stereocenters. The van der Waals surface area contributed by atoms with Crippen LogP contribution in [0.4, 0.5) is 0 Å². The van der Waals surface area contributed by atoms with Crippen LogP contribution in [-0.4, -0.2) is 30.1 Å². The Labute approximate surface area is 53.4 Å². The molecule has 0 aromatic heterocycles. The van der Waals surface area contributed by atoms with Gasteiger partial charge in [0, 0.05) is 5.57 Å². The number of Topliss-reactive ketones (excluding diaryl/α,β-unsaturated/α-hetero) is 1. The number of carbonyl (C=O) groups is 1. The first-order valence-corrected chi connectivity index (χ1v) is 2.77. The van der Waals surface area contributed by atoms with E-state index in [1.54, 1.807) is 7.05 Å². The molecule has 1 aliphatic carbocycles. The number of likely N-dealkylation sites (N-methyl/N-ethyl adjacent to an activating group) is 1. The van der Waals surface area contributed by atoms with Crippen molar-refractivity contribution in [3.8, 4) is 0 Å². The van der Waals surface area contributed by atoms with Crippen molar-refractivity contribution in [3.05, 3.63) is 12.2 Å². The van der Waals surface area contributed by atoms with Crippen molar-refractivity contribution in [3.63, 3.8) is 0 Å². The zero-order chi connectivity index (χ0) is 7.02. The number of aliphatic hydroxyl groups is 1. The van der Waals surface area contributed by atoms with Gasteiger partial charge in [0.1, 0.15) is 12.1 Å². The Morgan fingerprint density at radius 1 is 1.78 bits per heavy atom. The normalized spacial score (nSPS) is 34.4. The molecule has 0 heterocycles. The molecule has 3 heteroatoms. The monoisotopic (exact) mass is 127 g/mol. The lowest BCUT2D eigenvalue weighted by Gasteiger charge is -2.32. The summed E-state index contributed by atoms with van der Waals surface area (Å²) in [4.78, 5) is 10.7. The Morgan fingerprint density at radius 3 is 2.56 bits per heavy atom. The lowest BCUT2D eigenvalue weighted by atomic mass is 9.83. The van der Waals surface area contributed by atoms with E-state index in [4.69, 9.17) is 5.11 Å². The molecular weight excluding hydrogens is 118 g/mol. The molecule has 0 aliphatic heterocycles. The maximum absolute atomic E-state index is 10.7. The second-order valence-electron chi connectivity index (χ2n) is 2.10. The van der Waals surface area contributed by atoms with Gasteiger partial charge < -0.3 is 10.4 Å². The fraction of sp³-hybridized carbons (Fsp3) is 0.500. The fourth-order valence-electron chi connectivity index (χ4n) is 0.883. The summed E-state index contributed by atoms with van der Waals surface area (Å²) in [5, 5.41) is 11.6. The summed E-state index contributed by atoms with van der Waals surface area (Å²) in [5.41, 5.74) is 0.314. The van der Waals surface area contributed by atoms with E-state index in [1.807, 2.05) is 0 Å². The van der Waals surface area contributed by atoms with Gasteiger partial charge in [-0.2, -0.15) is 0 Å². The number of carbonyl (C=O) groups excluding carboxylic acids is 1. The van der Waals surface area contributed by atoms with Crippen LogP contribution in [0.15, 0.2) is 12.2 Å². The van der Waals surface area contributed by atoms with Gasteiger partial charge in [-0.25, -0.2) is 0 Å². The number of ketones is 1. The van der Waals surface area contributed by atoms with Gasteiger partial charge in [0.05, 0.1) is 0 Å². The molecule has 0 saturated heterocycles. The molecule has 2 atom stereocenters. The van der Waals surface area contributed by atoms with E-state index < -0.39 is 12.1 Å². The molecule has 50 valence electrons. The van der Waals surface area contributed by atoms with Crippen LogP contribution in [0.3, 0.4) is 0 Å². The van der Waals surface area contributed by atoms with Gasteiger partial charge >= 0.3 is 0 Å². The van der Waals surface area contributed by atoms with Crippen LogP contribution in [-0.2, 0) is 4.79 Å². The molecule has 0 aromatic rings. The van der Waals surface area contributed by atoms with Crippen LogP contribution < -0.4 is 5.32 Å². The molecule has 0 amide bonds. The Morgan fingerprint density at radius 2 is 2.33 bits per heavy atom. The summed E-state index contributed by atoms with van der Waals surface area (Å²) in [7, 11) is 1.64. The predicted octanol–water partition coefficient (Wildman–Crippen LogP) is -0.926. The molecule has 0 spiro atoms. The van der Waals surface area contributed by atoms with Gasteiger partial charge in [-0.05, 0) is 7.05 Å². The highest BCUT2D eigenvalue weighted by Crippen LogP contribution is 2.20. The summed E-state index contributed by atoms with van der Waals surface area (Å²) >= 11 is 0. The van der Waals surface area contributed by atoms with Crippen LogP contribution in [0.5, 0.6) is 0 Å². The standard InChI is InChI=1S/C6H9NO2/c1-3-5(8)4(7-2)6(3)9/h4-5,7-8H,1H2,2H3. The van der Waals surface area contributed by atoms with Gasteiger partial charge in [-0.15, -0.1) is 0 Å². The Balaban J connectivity index is 2.61. The minimum absolute atomic E-state index is 0.0787. The molecule has 1 saturated carbocycles. The number of nitrogens with one attached hydrogen (secondary N) is 1. The van der Waals surface area contributed by atoms with Crippen molar-refractivity contribution in [2.24, 2.45) is 0 Å². The van der Waals surface area contributed by atoms with Gasteiger partial charge in [0.2, 0.25) is 0 Å². The average Bonchev–Trinajstić information content (AvgIpc) is 1.89. The SMILES string of the molecule is C=C1C(=O)C(NC)C1O. The first-order valence-electron chi connectivity index (χ1n) is 2.77. The Kier molecular flexibility index (Phi) is 1.38. The molecule has 9 heavy (non-hydrogen) atoms. The average molecular weight is 127 g/mol. The van der Waals surface area contributed by atoms with Crippen molar-refractivity contribution in [2.75, 3.05) is 7.05 Å². The Bertz CT molecular complexity index is 164. The quantitative estimate of drug-likeness (QED) is 0.448. The third-order valence-corrected chi connectivity index (χ3v) is 1.58. The van der Waals surface area contributed by atoms with E-state index in [-0.39, 0.29) is 5.78 Å². The number of hydrogen-bond donors (Lipinski definition) is 2. The van der Waals surface area contributed by atoms with E-state index in [0.717, 1.165) is 0 Å². The zero-order valence-corrected chi connectivity index (χ0v) is 5.22. The number of aliphatic hydroxyl groups excluding tert-OH is 1. The predicted molar refractivity (Wildman–Crippen MR) is 33.0 cm³/mol. The maximum atomic E-state index is 10.7. The largest absolute Gasteiger partial charge is 0.386 e. The van der Waals surface area contributed by atoms with Crippen molar-refractivity contribution >= 4 is 5.78 Å². The van der Waals surface area contributed by atoms with E-state index in [0.29, 0.717) is 5.57 Å². The highest BCUT2D eigenvalue weighted by atomic mass is 16.3. The van der Waals surface area contributed by atoms with E-state index in [9.17, 15) is 4.79 Å². The van der Waals surface area contributed by atoms with Crippen molar-refractivity contribution in [2.45, 2.75) is 12.1 Å². The highest BCUT2D eigenvalue weighted by molar-refractivity contribution is 6.07. The first kappa shape index (κ1) is 6.45. The Hall–Kier alpha value is -0.670. The molecule has 0 bridgehead atoms. The first-order chi connectivity index (χ1) is 4.18. The molecule has 2 N–H and O–H groups in total. The lowest BCUT2D eigenvalue weighted by Crippen LogP contribution is -2.56. The number of hydrogen-bond acceptors (Lipinski definition) is 3. The van der Waals surface area contributed by atoms with Gasteiger partial charge in [0.15, 0.2) is 5.78 Å². The summed E-state index contributed by atoms with van der Waals surface area (Å²) in [6, 6.07) is -0.405. The van der Waals surface area contributed by atoms with Crippen LogP contribution >= 0.6 is 0 Å². The molecule has 0 aromatic carbocycles. The molecule has 0 radical (unpaired) electrons. The van der Waals surface area contributed by atoms with Crippen molar-refractivity contribution in [1.82, 2.24) is 5.32 Å². The van der Waals surface area contributed by atoms with Gasteiger partial charge in [-0.1, -0.05) is 6.58 Å². The van der Waals surface area contributed by atoms with Gasteiger partial charge in [0.25, 0.3) is 0 Å². The molecular formula is C6H9NO2. The zero-order valence-electron chi connectivity index (χ0n) is 5.22. The van der Waals surface area contributed by atoms with Crippen molar-refractivity contribution in [1.29, 1.82) is 0 Å². The molecule has 1 rings (SSSR count). The van der Waals surface area contributed by atoms with E-state index in [1.165, 1.54) is 0 Å². The van der Waals surface area contributed by atoms with Gasteiger partial charge in [-0.3, -0.25) is 4.79 Å². The summed E-state index contributed by atoms with van der Waals surface area (Å²) in [6.45, 7) is 3.38. The summed E-state index contributed by atoms with van der Waals surface area (Å²) in [5.74, 6) is -0.0787. The maximum Gasteiger partial charge on any atom is 0.180 e. The third kappa shape index (κ3) is 0.693. The topological polar surface area (TPSA) is 49.3 Å². The van der Waals surface area contributed by atoms with Crippen LogP contribution in [0.25, 0.3) is 0 Å². The summed E-state index contributed by atoms with van der Waals surface area (Å²) in [6.07, 6.45) is -0.664. The second kappa shape index (κ2) is 1.93. The second-order valence-corrected chi connectivity index (χ2v) is 2.10. The minimum Gasteiger partial charge on any atom is -0.386 e. The van der Waals surface area contributed by atoms with Crippen LogP contribution in [0.2, 0.25) is 0 Å². The fourth-order valence-corrected chi connectivity index (χ4v) is 0.883. The smallest absolute Gasteiger partial charge is 0.180 e. The lowest BCUT2D eigenvalue weighted by molar-refractivity contribution is -0.126. The highest BCUT2D eigenvalue weighted by Gasteiger charge is 2.41. The van der Waals surface area contributed by atoms with Crippen molar-refractivity contribution < 1.29 is 9.90 Å². The molecule has 3 nitrogen and oxygen atoms in total. The molecule has 1 aliphatic rings. The molecule has 1 fully saturated rings. The van der Waals surface area contributed by atoms with Crippen LogP contribution in [0.1, 0.15) is 0 Å². The van der Waals surface area contributed by atoms with Crippen LogP contribution in [0, 0.1) is 0 Å². The summed E-state index contributed by atoms with van der Waals surface area (Å²) < 4.78 is 0. The van der Waals surface area contributed by atoms with E-state index >= 15 is 0 Å². The number of rotatable bonds is 1. The minimum atomic E-state index is -0.664. The third-order valence-electron chi connectivity index (χ3n) is 1.58.